The van der Waals surface area contributed by atoms with Crippen molar-refractivity contribution in [3.05, 3.63) is 35.5 Å². The number of carbonyl (C=O) groups excluding carboxylic acids is 1. The molecule has 4 rings (SSSR count). The van der Waals surface area contributed by atoms with Crippen LogP contribution in [0, 0.1) is 6.92 Å². The number of nitrogens with one attached hydrogen (secondary N) is 1. The van der Waals surface area contributed by atoms with Crippen molar-refractivity contribution >= 4 is 17.3 Å². The lowest BCUT2D eigenvalue weighted by Gasteiger charge is -2.37. The Morgan fingerprint density at radius 1 is 1.19 bits per heavy atom. The molecule has 1 aromatic carbocycles. The van der Waals surface area contributed by atoms with Crippen molar-refractivity contribution in [2.24, 2.45) is 0 Å². The summed E-state index contributed by atoms with van der Waals surface area (Å²) in [5.41, 5.74) is 3.19. The fourth-order valence-corrected chi connectivity index (χ4v) is 4.36. The molecule has 5 nitrogen and oxygen atoms in total. The van der Waals surface area contributed by atoms with Gasteiger partial charge in [-0.15, -0.1) is 0 Å². The van der Waals surface area contributed by atoms with Crippen LogP contribution in [0.4, 0.5) is 11.5 Å². The number of anilines is 2. The molecule has 0 spiro atoms. The van der Waals surface area contributed by atoms with E-state index >= 15 is 0 Å². The summed E-state index contributed by atoms with van der Waals surface area (Å²) < 4.78 is 0. The molecule has 142 valence electrons. The molecule has 0 unspecified atom stereocenters. The third kappa shape index (κ3) is 3.09. The Morgan fingerprint density at radius 2 is 1.85 bits per heavy atom. The van der Waals surface area contributed by atoms with Gasteiger partial charge in [0.2, 0.25) is 0 Å². The first-order valence-electron chi connectivity index (χ1n) is 10.0. The molecule has 2 heterocycles. The normalized spacial score (nSPS) is 18.4. The van der Waals surface area contributed by atoms with Crippen molar-refractivity contribution in [3.8, 4) is 11.4 Å². The van der Waals surface area contributed by atoms with E-state index in [9.17, 15) is 4.79 Å². The topological polar surface area (TPSA) is 58.1 Å². The predicted octanol–water partition coefficient (Wildman–Crippen LogP) is 4.96. The van der Waals surface area contributed by atoms with Gasteiger partial charge in [0.1, 0.15) is 17.0 Å². The van der Waals surface area contributed by atoms with Crippen molar-refractivity contribution in [3.63, 3.8) is 0 Å². The summed E-state index contributed by atoms with van der Waals surface area (Å²) in [7, 11) is 0. The summed E-state index contributed by atoms with van der Waals surface area (Å²) in [4.78, 5) is 24.7. The molecule has 0 radical (unpaired) electrons. The molecular formula is C22H28N4O. The van der Waals surface area contributed by atoms with Gasteiger partial charge < -0.3 is 10.2 Å². The van der Waals surface area contributed by atoms with E-state index in [1.165, 1.54) is 31.2 Å². The van der Waals surface area contributed by atoms with E-state index < -0.39 is 0 Å². The first-order valence-corrected chi connectivity index (χ1v) is 10.0. The molecule has 0 bridgehead atoms. The number of carbonyl (C=O) groups is 1. The number of ketones is 1. The van der Waals surface area contributed by atoms with Crippen LogP contribution >= 0.6 is 0 Å². The van der Waals surface area contributed by atoms with Crippen molar-refractivity contribution in [2.75, 3.05) is 10.2 Å². The van der Waals surface area contributed by atoms with Gasteiger partial charge in [-0.25, -0.2) is 9.97 Å². The largest absolute Gasteiger partial charge is 0.358 e. The molecule has 1 aromatic heterocycles. The zero-order valence-corrected chi connectivity index (χ0v) is 16.7. The van der Waals surface area contributed by atoms with E-state index in [-0.39, 0.29) is 11.4 Å². The van der Waals surface area contributed by atoms with E-state index in [4.69, 9.17) is 9.97 Å². The number of Topliss-reactive ketones (excluding diaryl/α,β-unsaturated/α-hetero) is 1. The van der Waals surface area contributed by atoms with E-state index in [2.05, 4.69) is 43.1 Å². The van der Waals surface area contributed by atoms with Gasteiger partial charge in [-0.1, -0.05) is 49.6 Å². The second kappa shape index (κ2) is 6.63. The fraction of sp³-hybridized carbons (Fsp3) is 0.500. The molecule has 0 amide bonds. The standard InChI is InChI=1S/C22H28N4O/c1-5-17(27)18-19-21(24-20(23-18)15-12-10-14(2)11-13-15)26(22(3,4)25-19)16-8-6-7-9-16/h10-13,16,25H,5-9H2,1-4H3. The second-order valence-electron chi connectivity index (χ2n) is 8.23. The van der Waals surface area contributed by atoms with Crippen LogP contribution in [-0.4, -0.2) is 27.5 Å². The SMILES string of the molecule is CCC(=O)c1nc(-c2ccc(C)cc2)nc2c1NC(C)(C)N2C1CCCC1. The van der Waals surface area contributed by atoms with Gasteiger partial charge in [0.05, 0.1) is 0 Å². The van der Waals surface area contributed by atoms with Crippen LogP contribution in [0.2, 0.25) is 0 Å². The maximum absolute atomic E-state index is 12.7. The number of aromatic nitrogens is 2. The quantitative estimate of drug-likeness (QED) is 0.778. The monoisotopic (exact) mass is 364 g/mol. The minimum absolute atomic E-state index is 0.0542. The van der Waals surface area contributed by atoms with Gasteiger partial charge in [-0.2, -0.15) is 0 Å². The summed E-state index contributed by atoms with van der Waals surface area (Å²) in [6.45, 7) is 8.28. The van der Waals surface area contributed by atoms with Crippen molar-refractivity contribution in [2.45, 2.75) is 71.5 Å². The highest BCUT2D eigenvalue weighted by Gasteiger charge is 2.44. The molecule has 2 aromatic rings. The van der Waals surface area contributed by atoms with Gasteiger partial charge in [0.25, 0.3) is 0 Å². The van der Waals surface area contributed by atoms with Crippen molar-refractivity contribution in [1.29, 1.82) is 0 Å². The number of hydrogen-bond donors (Lipinski definition) is 1. The number of nitrogens with zero attached hydrogens (tertiary/aromatic N) is 3. The van der Waals surface area contributed by atoms with Crippen molar-refractivity contribution < 1.29 is 4.79 Å². The second-order valence-corrected chi connectivity index (χ2v) is 8.23. The Morgan fingerprint density at radius 3 is 2.48 bits per heavy atom. The number of rotatable bonds is 4. The first-order chi connectivity index (χ1) is 12.9. The molecule has 0 saturated heterocycles. The zero-order chi connectivity index (χ0) is 19.2. The Hall–Kier alpha value is -2.43. The molecule has 1 N–H and O–H groups in total. The summed E-state index contributed by atoms with van der Waals surface area (Å²) in [5.74, 6) is 1.57. The molecule has 2 aliphatic rings. The number of aryl methyl sites for hydroxylation is 1. The predicted molar refractivity (Wildman–Crippen MR) is 109 cm³/mol. The molecule has 1 aliphatic heterocycles. The zero-order valence-electron chi connectivity index (χ0n) is 16.7. The maximum atomic E-state index is 12.7. The summed E-state index contributed by atoms with van der Waals surface area (Å²) in [6, 6.07) is 8.64. The van der Waals surface area contributed by atoms with E-state index in [1.807, 2.05) is 19.1 Å². The van der Waals surface area contributed by atoms with Gasteiger partial charge in [-0.05, 0) is 33.6 Å². The lowest BCUT2D eigenvalue weighted by Crippen LogP contribution is -2.50. The van der Waals surface area contributed by atoms with Crippen LogP contribution in [0.15, 0.2) is 24.3 Å². The Kier molecular flexibility index (Phi) is 4.41. The van der Waals surface area contributed by atoms with Crippen LogP contribution in [-0.2, 0) is 0 Å². The highest BCUT2D eigenvalue weighted by atomic mass is 16.1. The summed E-state index contributed by atoms with van der Waals surface area (Å²) >= 11 is 0. The van der Waals surface area contributed by atoms with Gasteiger partial charge in [0.15, 0.2) is 17.4 Å². The highest BCUT2D eigenvalue weighted by Crippen LogP contribution is 2.45. The summed E-state index contributed by atoms with van der Waals surface area (Å²) in [5, 5.41) is 3.55. The van der Waals surface area contributed by atoms with E-state index in [0.29, 0.717) is 24.0 Å². The number of benzene rings is 1. The van der Waals surface area contributed by atoms with Crippen LogP contribution in [0.25, 0.3) is 11.4 Å². The Bertz CT molecular complexity index is 867. The lowest BCUT2D eigenvalue weighted by atomic mass is 10.1. The third-order valence-corrected chi connectivity index (χ3v) is 5.74. The molecule has 27 heavy (non-hydrogen) atoms. The summed E-state index contributed by atoms with van der Waals surface area (Å²) in [6.07, 6.45) is 5.28. The van der Waals surface area contributed by atoms with Gasteiger partial charge >= 0.3 is 0 Å². The minimum atomic E-state index is -0.277. The molecule has 1 fully saturated rings. The maximum Gasteiger partial charge on any atom is 0.183 e. The smallest absolute Gasteiger partial charge is 0.183 e. The fourth-order valence-electron chi connectivity index (χ4n) is 4.36. The number of fused-ring (bicyclic) bond motifs is 1. The first kappa shape index (κ1) is 18.0. The minimum Gasteiger partial charge on any atom is -0.358 e. The van der Waals surface area contributed by atoms with Crippen LogP contribution < -0.4 is 10.2 Å². The molecule has 5 heteroatoms. The molecular weight excluding hydrogens is 336 g/mol. The highest BCUT2D eigenvalue weighted by molar-refractivity contribution is 6.03. The average molecular weight is 364 g/mol. The van der Waals surface area contributed by atoms with E-state index in [0.717, 1.165) is 17.1 Å². The van der Waals surface area contributed by atoms with Crippen LogP contribution in [0.1, 0.15) is 68.9 Å². The van der Waals surface area contributed by atoms with Crippen LogP contribution in [0.5, 0.6) is 0 Å². The van der Waals surface area contributed by atoms with Gasteiger partial charge in [-0.3, -0.25) is 4.79 Å². The van der Waals surface area contributed by atoms with E-state index in [1.54, 1.807) is 0 Å². The Labute approximate surface area is 161 Å². The average Bonchev–Trinajstić information content (AvgIpc) is 3.24. The third-order valence-electron chi connectivity index (χ3n) is 5.74. The molecule has 0 atom stereocenters. The van der Waals surface area contributed by atoms with Gasteiger partial charge in [0, 0.05) is 18.0 Å². The molecule has 1 aliphatic carbocycles. The Balaban J connectivity index is 1.89. The number of hydrogen-bond acceptors (Lipinski definition) is 5. The molecule has 1 saturated carbocycles. The lowest BCUT2D eigenvalue weighted by molar-refractivity contribution is 0.0984. The van der Waals surface area contributed by atoms with Crippen molar-refractivity contribution in [1.82, 2.24) is 9.97 Å². The van der Waals surface area contributed by atoms with Crippen LogP contribution in [0.3, 0.4) is 0 Å².